The normalized spacial score (nSPS) is 11.7. The van der Waals surface area contributed by atoms with Crippen molar-refractivity contribution in [2.24, 2.45) is 0 Å². The van der Waals surface area contributed by atoms with Crippen molar-refractivity contribution in [3.05, 3.63) is 207 Å². The molecule has 0 unspecified atom stereocenters. The average molecular weight is 831 g/mol. The Labute approximate surface area is 372 Å². The van der Waals surface area contributed by atoms with Gasteiger partial charge in [0.2, 0.25) is 0 Å². The molecule has 7 nitrogen and oxygen atoms in total. The number of benzene rings is 8. The van der Waals surface area contributed by atoms with Crippen molar-refractivity contribution in [3.63, 3.8) is 0 Å². The van der Waals surface area contributed by atoms with Gasteiger partial charge in [0.1, 0.15) is 11.2 Å². The molecule has 0 aliphatic rings. The zero-order valence-corrected chi connectivity index (χ0v) is 34.7. The summed E-state index contributed by atoms with van der Waals surface area (Å²) in [4.78, 5) is 30.0. The van der Waals surface area contributed by atoms with Gasteiger partial charge < -0.3 is 4.42 Å². The van der Waals surface area contributed by atoms with Crippen molar-refractivity contribution in [1.29, 1.82) is 0 Å². The molecular formula is C58H34N6O. The molecule has 65 heavy (non-hydrogen) atoms. The first kappa shape index (κ1) is 36.7. The molecule has 0 aliphatic heterocycles. The largest absolute Gasteiger partial charge is 0.456 e. The fraction of sp³-hybridized carbons (Fsp3) is 0. The van der Waals surface area contributed by atoms with Gasteiger partial charge in [0.25, 0.3) is 0 Å². The minimum absolute atomic E-state index is 0.548. The molecule has 0 saturated carbocycles. The van der Waals surface area contributed by atoms with Crippen molar-refractivity contribution in [2.45, 2.75) is 0 Å². The number of fused-ring (bicyclic) bond motifs is 7. The lowest BCUT2D eigenvalue weighted by molar-refractivity contribution is 0.669. The Morgan fingerprint density at radius 2 is 0.815 bits per heavy atom. The number of para-hydroxylation sites is 1. The third-order valence-corrected chi connectivity index (χ3v) is 12.4. The van der Waals surface area contributed by atoms with Crippen molar-refractivity contribution >= 4 is 65.3 Å². The molecule has 0 bridgehead atoms. The molecule has 0 atom stereocenters. The summed E-state index contributed by atoms with van der Waals surface area (Å²) in [7, 11) is 0. The van der Waals surface area contributed by atoms with Crippen LogP contribution in [0.2, 0.25) is 0 Å². The zero-order chi connectivity index (χ0) is 42.8. The standard InChI is InChI=1S/C58H34N6O/c1-3-13-44-37(10-1)32-50-47(16-8-26-60-50)54(44)41-28-42(55-45-14-4-2-11-38(45)33-51-48(55)17-9-27-61-51)30-43(29-41)58-63-56(36-21-19-35(20-22-36)40-12-7-25-59-34-40)62-57(64-58)39-23-24-53-49(31-39)46-15-5-6-18-52(46)65-53/h1-34H. The summed E-state index contributed by atoms with van der Waals surface area (Å²) < 4.78 is 6.24. The number of hydrogen-bond donors (Lipinski definition) is 0. The monoisotopic (exact) mass is 830 g/mol. The van der Waals surface area contributed by atoms with Gasteiger partial charge in [-0.2, -0.15) is 0 Å². The van der Waals surface area contributed by atoms with Gasteiger partial charge in [0, 0.05) is 63.0 Å². The van der Waals surface area contributed by atoms with Gasteiger partial charge in [-0.3, -0.25) is 15.0 Å². The highest BCUT2D eigenvalue weighted by atomic mass is 16.3. The summed E-state index contributed by atoms with van der Waals surface area (Å²) in [5.74, 6) is 1.67. The van der Waals surface area contributed by atoms with Gasteiger partial charge in [0.15, 0.2) is 17.5 Å². The second-order valence-electron chi connectivity index (χ2n) is 16.3. The maximum Gasteiger partial charge on any atom is 0.164 e. The van der Waals surface area contributed by atoms with Crippen molar-refractivity contribution in [2.75, 3.05) is 0 Å². The van der Waals surface area contributed by atoms with Gasteiger partial charge in [-0.25, -0.2) is 15.0 Å². The SMILES string of the molecule is c1cncc(-c2ccc(-c3nc(-c4cc(-c5c6ccccc6cc6ncccc56)cc(-c5c6ccccc6cc6ncccc56)c4)nc(-c4ccc5oc6ccccc6c5c4)n3)cc2)c1. The first-order valence-corrected chi connectivity index (χ1v) is 21.6. The van der Waals surface area contributed by atoms with E-state index in [4.69, 9.17) is 29.3 Å². The van der Waals surface area contributed by atoms with E-state index >= 15 is 0 Å². The van der Waals surface area contributed by atoms with Crippen molar-refractivity contribution in [3.8, 4) is 67.5 Å². The van der Waals surface area contributed by atoms with Crippen LogP contribution in [0.3, 0.4) is 0 Å². The highest BCUT2D eigenvalue weighted by molar-refractivity contribution is 6.15. The molecule has 0 saturated heterocycles. The van der Waals surface area contributed by atoms with E-state index in [1.54, 1.807) is 6.20 Å². The zero-order valence-electron chi connectivity index (χ0n) is 34.7. The molecule has 0 fully saturated rings. The summed E-state index contributed by atoms with van der Waals surface area (Å²) in [6.07, 6.45) is 7.38. The molecule has 5 aromatic heterocycles. The minimum Gasteiger partial charge on any atom is -0.456 e. The maximum absolute atomic E-state index is 6.24. The molecule has 0 radical (unpaired) electrons. The second kappa shape index (κ2) is 14.9. The Morgan fingerprint density at radius 3 is 1.46 bits per heavy atom. The Bertz CT molecular complexity index is 3770. The van der Waals surface area contributed by atoms with E-state index in [-0.39, 0.29) is 0 Å². The van der Waals surface area contributed by atoms with Crippen LogP contribution in [0.4, 0.5) is 0 Å². The first-order valence-electron chi connectivity index (χ1n) is 21.6. The number of furan rings is 1. The van der Waals surface area contributed by atoms with E-state index in [9.17, 15) is 0 Å². The quantitative estimate of drug-likeness (QED) is 0.154. The summed E-state index contributed by atoms with van der Waals surface area (Å²) in [5.41, 5.74) is 12.4. The van der Waals surface area contributed by atoms with Crippen LogP contribution in [-0.4, -0.2) is 29.9 Å². The van der Waals surface area contributed by atoms with Crippen LogP contribution in [0.25, 0.3) is 133 Å². The number of aromatic nitrogens is 6. The van der Waals surface area contributed by atoms with Crippen LogP contribution in [-0.2, 0) is 0 Å². The third-order valence-electron chi connectivity index (χ3n) is 12.4. The van der Waals surface area contributed by atoms with Crippen molar-refractivity contribution < 1.29 is 4.42 Å². The predicted molar refractivity (Wildman–Crippen MR) is 263 cm³/mol. The van der Waals surface area contributed by atoms with Crippen LogP contribution in [0, 0.1) is 0 Å². The van der Waals surface area contributed by atoms with Crippen LogP contribution < -0.4 is 0 Å². The highest BCUT2D eigenvalue weighted by Crippen LogP contribution is 2.43. The first-order chi connectivity index (χ1) is 32.2. The van der Waals surface area contributed by atoms with Crippen LogP contribution >= 0.6 is 0 Å². The highest BCUT2D eigenvalue weighted by Gasteiger charge is 2.20. The van der Waals surface area contributed by atoms with Gasteiger partial charge >= 0.3 is 0 Å². The summed E-state index contributed by atoms with van der Waals surface area (Å²) in [6, 6.07) is 63.2. The van der Waals surface area contributed by atoms with Gasteiger partial charge in [-0.1, -0.05) is 109 Å². The van der Waals surface area contributed by atoms with E-state index in [0.717, 1.165) is 115 Å². The molecule has 8 aromatic carbocycles. The molecule has 5 heterocycles. The Kier molecular flexibility index (Phi) is 8.39. The molecule has 302 valence electrons. The third kappa shape index (κ3) is 6.28. The van der Waals surface area contributed by atoms with Crippen LogP contribution in [0.5, 0.6) is 0 Å². The van der Waals surface area contributed by atoms with Crippen molar-refractivity contribution in [1.82, 2.24) is 29.9 Å². The number of nitrogens with zero attached hydrogens (tertiary/aromatic N) is 6. The minimum atomic E-state index is 0.548. The molecular weight excluding hydrogens is 797 g/mol. The summed E-state index contributed by atoms with van der Waals surface area (Å²) >= 11 is 0. The molecule has 13 aromatic rings. The number of rotatable bonds is 6. The number of hydrogen-bond acceptors (Lipinski definition) is 7. The lowest BCUT2D eigenvalue weighted by atomic mass is 9.88. The second-order valence-corrected chi connectivity index (χ2v) is 16.3. The Balaban J connectivity index is 1.10. The topological polar surface area (TPSA) is 90.5 Å². The lowest BCUT2D eigenvalue weighted by Gasteiger charge is -2.17. The van der Waals surface area contributed by atoms with Gasteiger partial charge in [0.05, 0.1) is 11.0 Å². The molecule has 0 N–H and O–H groups in total. The lowest BCUT2D eigenvalue weighted by Crippen LogP contribution is -2.01. The molecule has 0 amide bonds. The van der Waals surface area contributed by atoms with E-state index < -0.39 is 0 Å². The fourth-order valence-electron chi connectivity index (χ4n) is 9.41. The van der Waals surface area contributed by atoms with E-state index in [0.29, 0.717) is 17.5 Å². The van der Waals surface area contributed by atoms with Crippen LogP contribution in [0.1, 0.15) is 0 Å². The summed E-state index contributed by atoms with van der Waals surface area (Å²) in [6.45, 7) is 0. The van der Waals surface area contributed by atoms with Crippen LogP contribution in [0.15, 0.2) is 211 Å². The number of pyridine rings is 3. The molecule has 7 heteroatoms. The smallest absolute Gasteiger partial charge is 0.164 e. The summed E-state index contributed by atoms with van der Waals surface area (Å²) in [5, 5.41) is 8.65. The Morgan fingerprint density at radius 1 is 0.308 bits per heavy atom. The predicted octanol–water partition coefficient (Wildman–Crippen LogP) is 14.6. The molecule has 0 spiro atoms. The van der Waals surface area contributed by atoms with E-state index in [2.05, 4.69) is 138 Å². The maximum atomic E-state index is 6.24. The van der Waals surface area contributed by atoms with E-state index in [1.165, 1.54) is 0 Å². The Hall–Kier alpha value is -8.94. The molecule has 0 aliphatic carbocycles. The molecule has 13 rings (SSSR count). The van der Waals surface area contributed by atoms with Gasteiger partial charge in [-0.05, 0) is 128 Å². The fourth-order valence-corrected chi connectivity index (χ4v) is 9.41. The van der Waals surface area contributed by atoms with Gasteiger partial charge in [-0.15, -0.1) is 0 Å². The average Bonchev–Trinajstić information content (AvgIpc) is 3.75. The van der Waals surface area contributed by atoms with E-state index in [1.807, 2.05) is 67.1 Å².